The van der Waals surface area contributed by atoms with Gasteiger partial charge in [0.15, 0.2) is 11.5 Å². The maximum absolute atomic E-state index is 12.6. The molecule has 2 amide bonds. The molecule has 2 aliphatic heterocycles. The Kier molecular flexibility index (Phi) is 8.73. The van der Waals surface area contributed by atoms with Crippen LogP contribution in [0.3, 0.4) is 0 Å². The highest BCUT2D eigenvalue weighted by atomic mass is 16.5. The highest BCUT2D eigenvalue weighted by molar-refractivity contribution is 5.92. The van der Waals surface area contributed by atoms with E-state index in [-0.39, 0.29) is 11.8 Å². The van der Waals surface area contributed by atoms with Crippen molar-refractivity contribution in [2.24, 2.45) is 0 Å². The number of benzene rings is 1. The molecule has 1 aromatic rings. The molecule has 0 radical (unpaired) electrons. The average Bonchev–Trinajstić information content (AvgIpc) is 2.82. The van der Waals surface area contributed by atoms with Crippen LogP contribution in [0, 0.1) is 0 Å². The zero-order valence-electron chi connectivity index (χ0n) is 18.5. The minimum Gasteiger partial charge on any atom is -0.493 e. The van der Waals surface area contributed by atoms with Gasteiger partial charge in [0, 0.05) is 45.3 Å². The van der Waals surface area contributed by atoms with Crippen molar-refractivity contribution in [3.05, 3.63) is 29.8 Å². The summed E-state index contributed by atoms with van der Waals surface area (Å²) in [6.07, 6.45) is 4.28. The van der Waals surface area contributed by atoms with E-state index in [4.69, 9.17) is 14.2 Å². The first-order valence-corrected chi connectivity index (χ1v) is 11.0. The predicted octanol–water partition coefficient (Wildman–Crippen LogP) is 1.50. The van der Waals surface area contributed by atoms with Crippen LogP contribution >= 0.6 is 0 Å². The highest BCUT2D eigenvalue weighted by Gasteiger charge is 2.24. The summed E-state index contributed by atoms with van der Waals surface area (Å²) in [5.41, 5.74) is 0.869. The Morgan fingerprint density at radius 2 is 1.74 bits per heavy atom. The quantitative estimate of drug-likeness (QED) is 0.581. The van der Waals surface area contributed by atoms with E-state index in [2.05, 4.69) is 11.8 Å². The number of carbonyl (C=O) groups is 2. The van der Waals surface area contributed by atoms with E-state index in [1.165, 1.54) is 0 Å². The molecule has 0 N–H and O–H groups in total. The average molecular weight is 432 g/mol. The smallest absolute Gasteiger partial charge is 0.246 e. The molecule has 31 heavy (non-hydrogen) atoms. The van der Waals surface area contributed by atoms with Gasteiger partial charge in [-0.15, -0.1) is 0 Å². The second-order valence-corrected chi connectivity index (χ2v) is 7.69. The molecule has 0 atom stereocenters. The lowest BCUT2D eigenvalue weighted by Crippen LogP contribution is -2.53. The first kappa shape index (κ1) is 23.1. The number of hydrogen-bond donors (Lipinski definition) is 0. The summed E-state index contributed by atoms with van der Waals surface area (Å²) in [5, 5.41) is 0. The van der Waals surface area contributed by atoms with Gasteiger partial charge in [-0.05, 0) is 30.2 Å². The van der Waals surface area contributed by atoms with Gasteiger partial charge >= 0.3 is 0 Å². The van der Waals surface area contributed by atoms with Crippen molar-refractivity contribution in [1.29, 1.82) is 0 Å². The molecule has 2 fully saturated rings. The first-order valence-electron chi connectivity index (χ1n) is 11.0. The minimum atomic E-state index is -0.0504. The van der Waals surface area contributed by atoms with Crippen LogP contribution in [-0.4, -0.2) is 99.3 Å². The number of carbonyl (C=O) groups excluding carboxylic acids is 2. The SMILES string of the molecule is CCCOc1ccc(/C=C/C(=O)N2CCN(C(=O)CN3CCOCC3)CC2)cc1OC. The fourth-order valence-corrected chi connectivity index (χ4v) is 3.62. The van der Waals surface area contributed by atoms with E-state index < -0.39 is 0 Å². The predicted molar refractivity (Wildman–Crippen MR) is 118 cm³/mol. The summed E-state index contributed by atoms with van der Waals surface area (Å²) < 4.78 is 16.4. The number of methoxy groups -OCH3 is 1. The van der Waals surface area contributed by atoms with E-state index in [1.807, 2.05) is 23.1 Å². The van der Waals surface area contributed by atoms with Gasteiger partial charge in [-0.25, -0.2) is 0 Å². The summed E-state index contributed by atoms with van der Waals surface area (Å²) in [7, 11) is 1.60. The molecule has 2 saturated heterocycles. The Labute approximate surface area is 184 Å². The third kappa shape index (κ3) is 6.70. The second-order valence-electron chi connectivity index (χ2n) is 7.69. The first-order chi connectivity index (χ1) is 15.1. The summed E-state index contributed by atoms with van der Waals surface area (Å²) in [5.74, 6) is 1.42. The van der Waals surface area contributed by atoms with Crippen LogP contribution in [0.25, 0.3) is 6.08 Å². The Balaban J connectivity index is 1.48. The zero-order chi connectivity index (χ0) is 22.1. The molecule has 0 aromatic heterocycles. The van der Waals surface area contributed by atoms with Gasteiger partial charge in [0.25, 0.3) is 0 Å². The second kappa shape index (κ2) is 11.7. The zero-order valence-corrected chi connectivity index (χ0v) is 18.5. The molecule has 8 heteroatoms. The van der Waals surface area contributed by atoms with Crippen LogP contribution in [-0.2, 0) is 14.3 Å². The number of hydrogen-bond acceptors (Lipinski definition) is 6. The largest absolute Gasteiger partial charge is 0.493 e. The van der Waals surface area contributed by atoms with Gasteiger partial charge < -0.3 is 24.0 Å². The maximum atomic E-state index is 12.6. The van der Waals surface area contributed by atoms with Crippen LogP contribution < -0.4 is 9.47 Å². The third-order valence-corrected chi connectivity index (χ3v) is 5.47. The number of ether oxygens (including phenoxy) is 3. The number of nitrogens with zero attached hydrogens (tertiary/aromatic N) is 3. The highest BCUT2D eigenvalue weighted by Crippen LogP contribution is 2.28. The van der Waals surface area contributed by atoms with Gasteiger partial charge in [-0.1, -0.05) is 13.0 Å². The van der Waals surface area contributed by atoms with Crippen molar-refractivity contribution in [2.45, 2.75) is 13.3 Å². The number of amides is 2. The molecule has 0 bridgehead atoms. The number of piperazine rings is 1. The molecule has 8 nitrogen and oxygen atoms in total. The molecule has 0 unspecified atom stereocenters. The lowest BCUT2D eigenvalue weighted by atomic mass is 10.2. The Morgan fingerprint density at radius 1 is 1.03 bits per heavy atom. The van der Waals surface area contributed by atoms with E-state index >= 15 is 0 Å². The van der Waals surface area contributed by atoms with Gasteiger partial charge in [0.1, 0.15) is 0 Å². The van der Waals surface area contributed by atoms with Crippen molar-refractivity contribution in [1.82, 2.24) is 14.7 Å². The van der Waals surface area contributed by atoms with E-state index in [0.29, 0.717) is 64.0 Å². The van der Waals surface area contributed by atoms with Crippen molar-refractivity contribution in [3.8, 4) is 11.5 Å². The molecule has 0 saturated carbocycles. The Hall–Kier alpha value is -2.58. The molecular weight excluding hydrogens is 398 g/mol. The van der Waals surface area contributed by atoms with Crippen LogP contribution in [0.2, 0.25) is 0 Å². The molecule has 0 aliphatic carbocycles. The van der Waals surface area contributed by atoms with E-state index in [1.54, 1.807) is 24.2 Å². The molecule has 0 spiro atoms. The normalized spacial score (nSPS) is 17.7. The standard InChI is InChI=1S/C23H33N3O5/c1-3-14-31-20-6-4-19(17-21(20)29-2)5-7-22(27)25-8-10-26(11-9-25)23(28)18-24-12-15-30-16-13-24/h4-7,17H,3,8-16,18H2,1-2H3/b7-5+. The Morgan fingerprint density at radius 3 is 2.42 bits per heavy atom. The van der Waals surface area contributed by atoms with Crippen LogP contribution in [0.4, 0.5) is 0 Å². The van der Waals surface area contributed by atoms with Gasteiger partial charge in [-0.3, -0.25) is 14.5 Å². The van der Waals surface area contributed by atoms with Crippen molar-refractivity contribution >= 4 is 17.9 Å². The summed E-state index contributed by atoms with van der Waals surface area (Å²) in [6.45, 7) is 8.30. The fraction of sp³-hybridized carbons (Fsp3) is 0.565. The monoisotopic (exact) mass is 431 g/mol. The van der Waals surface area contributed by atoms with Crippen LogP contribution in [0.5, 0.6) is 11.5 Å². The van der Waals surface area contributed by atoms with Crippen LogP contribution in [0.1, 0.15) is 18.9 Å². The van der Waals surface area contributed by atoms with Crippen molar-refractivity contribution < 1.29 is 23.8 Å². The van der Waals surface area contributed by atoms with Crippen molar-refractivity contribution in [3.63, 3.8) is 0 Å². The lowest BCUT2D eigenvalue weighted by Gasteiger charge is -2.36. The molecular formula is C23H33N3O5. The van der Waals surface area contributed by atoms with Crippen molar-refractivity contribution in [2.75, 3.05) is 72.7 Å². The lowest BCUT2D eigenvalue weighted by molar-refractivity contribution is -0.138. The summed E-state index contributed by atoms with van der Waals surface area (Å²) >= 11 is 0. The number of morpholine rings is 1. The molecule has 170 valence electrons. The third-order valence-electron chi connectivity index (χ3n) is 5.47. The van der Waals surface area contributed by atoms with Crippen LogP contribution in [0.15, 0.2) is 24.3 Å². The number of rotatable bonds is 8. The molecule has 2 heterocycles. The molecule has 3 rings (SSSR count). The summed E-state index contributed by atoms with van der Waals surface area (Å²) in [4.78, 5) is 30.9. The molecule has 2 aliphatic rings. The fourth-order valence-electron chi connectivity index (χ4n) is 3.62. The maximum Gasteiger partial charge on any atom is 0.246 e. The van der Waals surface area contributed by atoms with Gasteiger partial charge in [-0.2, -0.15) is 0 Å². The topological polar surface area (TPSA) is 71.6 Å². The van der Waals surface area contributed by atoms with Gasteiger partial charge in [0.05, 0.1) is 33.5 Å². The van der Waals surface area contributed by atoms with E-state index in [0.717, 1.165) is 25.1 Å². The minimum absolute atomic E-state index is 0.0504. The summed E-state index contributed by atoms with van der Waals surface area (Å²) in [6, 6.07) is 5.62. The van der Waals surface area contributed by atoms with Gasteiger partial charge in [0.2, 0.25) is 11.8 Å². The molecule has 1 aromatic carbocycles. The van der Waals surface area contributed by atoms with E-state index in [9.17, 15) is 9.59 Å². The Bertz CT molecular complexity index is 768.